The predicted octanol–water partition coefficient (Wildman–Crippen LogP) is 5.32. The fraction of sp³-hybridized carbons (Fsp3) is 0.440. The third-order valence-electron chi connectivity index (χ3n) is 6.03. The van der Waals surface area contributed by atoms with Crippen LogP contribution >= 0.6 is 0 Å². The molecular weight excluding hydrogens is 358 g/mol. The van der Waals surface area contributed by atoms with E-state index in [2.05, 4.69) is 67.8 Å². The van der Waals surface area contributed by atoms with E-state index >= 15 is 0 Å². The van der Waals surface area contributed by atoms with Crippen molar-refractivity contribution in [2.45, 2.75) is 58.4 Å². The summed E-state index contributed by atoms with van der Waals surface area (Å²) in [4.78, 5) is 19.5. The number of imidazole rings is 1. The molecule has 29 heavy (non-hydrogen) atoms. The molecule has 3 aromatic rings. The fourth-order valence-electron chi connectivity index (χ4n) is 4.27. The Kier molecular flexibility index (Phi) is 5.70. The molecule has 4 heteroatoms. The summed E-state index contributed by atoms with van der Waals surface area (Å²) in [6.07, 6.45) is 2.75. The molecule has 1 saturated heterocycles. The number of hydrogen-bond acceptors (Lipinski definition) is 2. The molecule has 0 radical (unpaired) electrons. The largest absolute Gasteiger partial charge is 0.342 e. The molecule has 0 unspecified atom stereocenters. The molecule has 0 aliphatic carbocycles. The summed E-state index contributed by atoms with van der Waals surface area (Å²) in [5.41, 5.74) is 4.79. The lowest BCUT2D eigenvalue weighted by molar-refractivity contribution is -0.127. The lowest BCUT2D eigenvalue weighted by atomic mass is 10.0. The highest BCUT2D eigenvalue weighted by atomic mass is 16.2. The fourth-order valence-corrected chi connectivity index (χ4v) is 4.27. The van der Waals surface area contributed by atoms with Gasteiger partial charge in [-0.25, -0.2) is 4.98 Å². The number of rotatable bonds is 7. The van der Waals surface area contributed by atoms with Gasteiger partial charge in [-0.1, -0.05) is 63.6 Å². The SMILES string of the molecule is CCCCN1C[C@H](c2nc3ccccc3n2Cc2ccc(C(C)C)cc2)CC1=O. The van der Waals surface area contributed by atoms with Gasteiger partial charge in [-0.3, -0.25) is 4.79 Å². The molecule has 0 bridgehead atoms. The molecule has 0 saturated carbocycles. The van der Waals surface area contributed by atoms with E-state index in [-0.39, 0.29) is 11.8 Å². The topological polar surface area (TPSA) is 38.1 Å². The van der Waals surface area contributed by atoms with Crippen LogP contribution in [0.5, 0.6) is 0 Å². The summed E-state index contributed by atoms with van der Waals surface area (Å²) in [6, 6.07) is 17.2. The van der Waals surface area contributed by atoms with Crippen molar-refractivity contribution in [1.29, 1.82) is 0 Å². The maximum absolute atomic E-state index is 12.5. The molecule has 152 valence electrons. The molecule has 4 rings (SSSR count). The average molecular weight is 390 g/mol. The van der Waals surface area contributed by atoms with Gasteiger partial charge in [0.1, 0.15) is 5.82 Å². The van der Waals surface area contributed by atoms with Gasteiger partial charge >= 0.3 is 0 Å². The number of hydrogen-bond donors (Lipinski definition) is 0. The van der Waals surface area contributed by atoms with Crippen molar-refractivity contribution in [3.8, 4) is 0 Å². The van der Waals surface area contributed by atoms with Crippen LogP contribution in [0.3, 0.4) is 0 Å². The summed E-state index contributed by atoms with van der Waals surface area (Å²) in [7, 11) is 0. The molecule has 0 spiro atoms. The van der Waals surface area contributed by atoms with E-state index in [1.807, 2.05) is 11.0 Å². The van der Waals surface area contributed by atoms with Crippen molar-refractivity contribution >= 4 is 16.9 Å². The molecule has 2 aromatic carbocycles. The lowest BCUT2D eigenvalue weighted by Gasteiger charge is -2.17. The average Bonchev–Trinajstić information content (AvgIpc) is 3.27. The first-order valence-corrected chi connectivity index (χ1v) is 10.9. The van der Waals surface area contributed by atoms with Crippen molar-refractivity contribution in [2.24, 2.45) is 0 Å². The molecular formula is C25H31N3O. The van der Waals surface area contributed by atoms with Crippen LogP contribution in [0.2, 0.25) is 0 Å². The highest BCUT2D eigenvalue weighted by Crippen LogP contribution is 2.31. The third kappa shape index (κ3) is 4.07. The third-order valence-corrected chi connectivity index (χ3v) is 6.03. The lowest BCUT2D eigenvalue weighted by Crippen LogP contribution is -2.26. The zero-order chi connectivity index (χ0) is 20.4. The maximum atomic E-state index is 12.5. The van der Waals surface area contributed by atoms with E-state index in [1.165, 1.54) is 11.1 Å². The maximum Gasteiger partial charge on any atom is 0.223 e. The van der Waals surface area contributed by atoms with E-state index in [4.69, 9.17) is 4.98 Å². The number of likely N-dealkylation sites (tertiary alicyclic amines) is 1. The van der Waals surface area contributed by atoms with E-state index in [9.17, 15) is 4.79 Å². The molecule has 2 heterocycles. The Morgan fingerprint density at radius 1 is 1.10 bits per heavy atom. The second kappa shape index (κ2) is 8.40. The van der Waals surface area contributed by atoms with Gasteiger partial charge in [0.05, 0.1) is 11.0 Å². The second-order valence-corrected chi connectivity index (χ2v) is 8.54. The van der Waals surface area contributed by atoms with E-state index < -0.39 is 0 Å². The van der Waals surface area contributed by atoms with Crippen LogP contribution in [-0.2, 0) is 11.3 Å². The van der Waals surface area contributed by atoms with E-state index in [1.54, 1.807) is 0 Å². The number of unbranched alkanes of at least 4 members (excludes halogenated alkanes) is 1. The van der Waals surface area contributed by atoms with Crippen molar-refractivity contribution in [3.63, 3.8) is 0 Å². The minimum Gasteiger partial charge on any atom is -0.342 e. The van der Waals surface area contributed by atoms with Gasteiger partial charge in [0.25, 0.3) is 0 Å². The molecule has 1 aliphatic rings. The molecule has 1 aliphatic heterocycles. The normalized spacial score (nSPS) is 17.0. The van der Waals surface area contributed by atoms with Gasteiger partial charge < -0.3 is 9.47 Å². The first kappa shape index (κ1) is 19.7. The number of nitrogens with zero attached hydrogens (tertiary/aromatic N) is 3. The van der Waals surface area contributed by atoms with Crippen molar-refractivity contribution in [2.75, 3.05) is 13.1 Å². The Balaban J connectivity index is 1.65. The highest BCUT2D eigenvalue weighted by Gasteiger charge is 2.33. The van der Waals surface area contributed by atoms with Crippen LogP contribution in [0, 0.1) is 0 Å². The number of amides is 1. The van der Waals surface area contributed by atoms with Crippen LogP contribution < -0.4 is 0 Å². The van der Waals surface area contributed by atoms with Gasteiger partial charge in [-0.2, -0.15) is 0 Å². The molecule has 1 amide bonds. The summed E-state index contributed by atoms with van der Waals surface area (Å²) < 4.78 is 2.32. The molecule has 1 fully saturated rings. The van der Waals surface area contributed by atoms with Crippen LogP contribution in [0.25, 0.3) is 11.0 Å². The molecule has 4 nitrogen and oxygen atoms in total. The standard InChI is InChI=1S/C25H31N3O/c1-4-5-14-27-17-21(15-24(27)29)25-26-22-8-6-7-9-23(22)28(25)16-19-10-12-20(13-11-19)18(2)3/h6-13,18,21H,4-5,14-17H2,1-3H3/t21-/m1/s1. The van der Waals surface area contributed by atoms with Gasteiger partial charge in [-0.05, 0) is 35.6 Å². The summed E-state index contributed by atoms with van der Waals surface area (Å²) in [6.45, 7) is 9.04. The Hall–Kier alpha value is -2.62. The smallest absolute Gasteiger partial charge is 0.223 e. The molecule has 1 atom stereocenters. The quantitative estimate of drug-likeness (QED) is 0.548. The number of fused-ring (bicyclic) bond motifs is 1. The first-order valence-electron chi connectivity index (χ1n) is 10.9. The van der Waals surface area contributed by atoms with E-state index in [0.717, 1.165) is 49.3 Å². The number of aromatic nitrogens is 2. The van der Waals surface area contributed by atoms with Gasteiger partial charge in [0.2, 0.25) is 5.91 Å². The Labute approximate surface area is 173 Å². The van der Waals surface area contributed by atoms with Gasteiger partial charge in [-0.15, -0.1) is 0 Å². The van der Waals surface area contributed by atoms with Crippen LogP contribution in [0.4, 0.5) is 0 Å². The van der Waals surface area contributed by atoms with E-state index in [0.29, 0.717) is 12.3 Å². The Morgan fingerprint density at radius 3 is 2.59 bits per heavy atom. The van der Waals surface area contributed by atoms with Crippen molar-refractivity contribution < 1.29 is 4.79 Å². The number of carbonyl (C=O) groups is 1. The minimum absolute atomic E-state index is 0.168. The van der Waals surface area contributed by atoms with Crippen LogP contribution in [-0.4, -0.2) is 33.4 Å². The summed E-state index contributed by atoms with van der Waals surface area (Å²) >= 11 is 0. The minimum atomic E-state index is 0.168. The molecule has 0 N–H and O–H groups in total. The monoisotopic (exact) mass is 389 g/mol. The first-order chi connectivity index (χ1) is 14.1. The Bertz CT molecular complexity index is 987. The summed E-state index contributed by atoms with van der Waals surface area (Å²) in [5.74, 6) is 2.02. The van der Waals surface area contributed by atoms with Gasteiger partial charge in [0, 0.05) is 32.0 Å². The number of benzene rings is 2. The molecule has 1 aromatic heterocycles. The summed E-state index contributed by atoms with van der Waals surface area (Å²) in [5, 5.41) is 0. The van der Waals surface area contributed by atoms with Crippen LogP contribution in [0.15, 0.2) is 48.5 Å². The number of carbonyl (C=O) groups excluding carboxylic acids is 1. The van der Waals surface area contributed by atoms with Crippen molar-refractivity contribution in [3.05, 3.63) is 65.5 Å². The zero-order valence-corrected chi connectivity index (χ0v) is 17.8. The Morgan fingerprint density at radius 2 is 1.86 bits per heavy atom. The highest BCUT2D eigenvalue weighted by molar-refractivity contribution is 5.81. The predicted molar refractivity (Wildman–Crippen MR) is 118 cm³/mol. The van der Waals surface area contributed by atoms with Crippen LogP contribution in [0.1, 0.15) is 68.8 Å². The van der Waals surface area contributed by atoms with Gasteiger partial charge in [0.15, 0.2) is 0 Å². The second-order valence-electron chi connectivity index (χ2n) is 8.54. The van der Waals surface area contributed by atoms with Crippen molar-refractivity contribution in [1.82, 2.24) is 14.5 Å². The zero-order valence-electron chi connectivity index (χ0n) is 17.8. The number of para-hydroxylation sites is 2.